The Morgan fingerprint density at radius 1 is 1.28 bits per heavy atom. The minimum absolute atomic E-state index is 0.0235. The van der Waals surface area contributed by atoms with Crippen LogP contribution in [0.5, 0.6) is 0 Å². The lowest BCUT2D eigenvalue weighted by Gasteiger charge is -2.22. The van der Waals surface area contributed by atoms with Gasteiger partial charge in [-0.1, -0.05) is 42.3 Å². The third-order valence-electron chi connectivity index (χ3n) is 4.59. The van der Waals surface area contributed by atoms with Crippen LogP contribution in [0.15, 0.2) is 52.4 Å². The van der Waals surface area contributed by atoms with Crippen molar-refractivity contribution < 1.29 is 9.72 Å². The van der Waals surface area contributed by atoms with Crippen LogP contribution in [0, 0.1) is 17.0 Å². The van der Waals surface area contributed by atoms with Gasteiger partial charge < -0.3 is 0 Å². The lowest BCUT2D eigenvalue weighted by molar-refractivity contribution is -0.384. The van der Waals surface area contributed by atoms with Crippen LogP contribution >= 0.6 is 23.4 Å². The number of aryl methyl sites for hydroxylation is 1. The highest BCUT2D eigenvalue weighted by Crippen LogP contribution is 2.36. The summed E-state index contributed by atoms with van der Waals surface area (Å²) in [6.45, 7) is 5.98. The Labute approximate surface area is 178 Å². The highest BCUT2D eigenvalue weighted by molar-refractivity contribution is 8.18. The highest BCUT2D eigenvalue weighted by Gasteiger charge is 2.36. The Bertz CT molecular complexity index is 1020. The standard InChI is InChI=1S/C21H20ClN3O3S/c1-4-14(3)24-20(26)19(12-15-7-10-17(22)18(11-15)25(27)28)29-21(24)23-16-8-5-13(2)6-9-16/h5-12,14H,4H2,1-3H3/b19-12+,23-21?/t14-/m0/s1. The van der Waals surface area contributed by atoms with Crippen molar-refractivity contribution in [1.82, 2.24) is 4.90 Å². The number of nitro benzene ring substituents is 1. The van der Waals surface area contributed by atoms with Gasteiger partial charge in [0.25, 0.3) is 11.6 Å². The third-order valence-corrected chi connectivity index (χ3v) is 5.89. The molecule has 1 aliphatic heterocycles. The van der Waals surface area contributed by atoms with Crippen molar-refractivity contribution in [2.24, 2.45) is 4.99 Å². The molecule has 0 radical (unpaired) electrons. The fourth-order valence-electron chi connectivity index (χ4n) is 2.78. The minimum Gasteiger partial charge on any atom is -0.284 e. The number of benzene rings is 2. The van der Waals surface area contributed by atoms with E-state index in [9.17, 15) is 14.9 Å². The van der Waals surface area contributed by atoms with Crippen LogP contribution in [0.1, 0.15) is 31.4 Å². The zero-order chi connectivity index (χ0) is 21.1. The predicted octanol–water partition coefficient (Wildman–Crippen LogP) is 5.96. The molecule has 3 rings (SSSR count). The summed E-state index contributed by atoms with van der Waals surface area (Å²) in [6.07, 6.45) is 2.42. The number of halogens is 1. The van der Waals surface area contributed by atoms with Gasteiger partial charge in [-0.25, -0.2) is 4.99 Å². The second kappa shape index (κ2) is 8.80. The maximum atomic E-state index is 13.0. The lowest BCUT2D eigenvalue weighted by atomic mass is 10.1. The molecular weight excluding hydrogens is 410 g/mol. The van der Waals surface area contributed by atoms with Crippen LogP contribution in [0.25, 0.3) is 6.08 Å². The number of rotatable bonds is 5. The SMILES string of the molecule is CC[C@H](C)N1C(=O)/C(=C\c2ccc(Cl)c([N+](=O)[O-])c2)SC1=Nc1ccc(C)cc1. The van der Waals surface area contributed by atoms with E-state index in [-0.39, 0.29) is 22.7 Å². The highest BCUT2D eigenvalue weighted by atomic mass is 35.5. The van der Waals surface area contributed by atoms with Gasteiger partial charge in [0.05, 0.1) is 15.5 Å². The molecule has 1 atom stereocenters. The van der Waals surface area contributed by atoms with Crippen molar-refractivity contribution in [3.05, 3.63) is 73.6 Å². The number of aliphatic imine (C=N–C) groups is 1. The number of hydrogen-bond donors (Lipinski definition) is 0. The van der Waals surface area contributed by atoms with Gasteiger partial charge >= 0.3 is 0 Å². The van der Waals surface area contributed by atoms with E-state index in [2.05, 4.69) is 4.99 Å². The Balaban J connectivity index is 2.00. The second-order valence-corrected chi connectivity index (χ2v) is 8.16. The molecule has 2 aromatic carbocycles. The van der Waals surface area contributed by atoms with E-state index in [1.165, 1.54) is 23.9 Å². The summed E-state index contributed by atoms with van der Waals surface area (Å²) in [5.74, 6) is -0.159. The van der Waals surface area contributed by atoms with Crippen molar-refractivity contribution in [3.8, 4) is 0 Å². The molecule has 0 N–H and O–H groups in total. The first-order valence-electron chi connectivity index (χ1n) is 9.12. The van der Waals surface area contributed by atoms with E-state index >= 15 is 0 Å². The van der Waals surface area contributed by atoms with Gasteiger partial charge in [0.2, 0.25) is 0 Å². The van der Waals surface area contributed by atoms with Crippen LogP contribution in [-0.2, 0) is 4.79 Å². The molecule has 1 fully saturated rings. The Morgan fingerprint density at radius 2 is 1.97 bits per heavy atom. The molecule has 0 bridgehead atoms. The zero-order valence-electron chi connectivity index (χ0n) is 16.3. The van der Waals surface area contributed by atoms with E-state index in [0.717, 1.165) is 17.7 Å². The number of nitrogens with zero attached hydrogens (tertiary/aromatic N) is 3. The molecule has 0 saturated carbocycles. The van der Waals surface area contributed by atoms with Crippen molar-refractivity contribution in [3.63, 3.8) is 0 Å². The maximum absolute atomic E-state index is 13.0. The summed E-state index contributed by atoms with van der Waals surface area (Å²) < 4.78 is 0. The molecule has 29 heavy (non-hydrogen) atoms. The molecule has 0 aliphatic carbocycles. The van der Waals surface area contributed by atoms with Gasteiger partial charge in [0, 0.05) is 12.1 Å². The fraction of sp³-hybridized carbons (Fsp3) is 0.238. The van der Waals surface area contributed by atoms with E-state index in [1.807, 2.05) is 45.0 Å². The van der Waals surface area contributed by atoms with Gasteiger partial charge in [-0.2, -0.15) is 0 Å². The average Bonchev–Trinajstić information content (AvgIpc) is 2.99. The molecule has 1 saturated heterocycles. The largest absolute Gasteiger partial charge is 0.288 e. The summed E-state index contributed by atoms with van der Waals surface area (Å²) in [6, 6.07) is 12.2. The monoisotopic (exact) mass is 429 g/mol. The van der Waals surface area contributed by atoms with Gasteiger partial charge in [0.15, 0.2) is 5.17 Å². The number of nitro groups is 1. The third kappa shape index (κ3) is 4.68. The minimum atomic E-state index is -0.538. The second-order valence-electron chi connectivity index (χ2n) is 6.74. The maximum Gasteiger partial charge on any atom is 0.288 e. The Hall–Kier alpha value is -2.64. The first kappa shape index (κ1) is 21.1. The van der Waals surface area contributed by atoms with Crippen LogP contribution < -0.4 is 0 Å². The Morgan fingerprint density at radius 3 is 2.59 bits per heavy atom. The van der Waals surface area contributed by atoms with E-state index in [4.69, 9.17) is 11.6 Å². The van der Waals surface area contributed by atoms with E-state index in [1.54, 1.807) is 17.0 Å². The molecule has 0 aromatic heterocycles. The van der Waals surface area contributed by atoms with E-state index < -0.39 is 4.92 Å². The fourth-order valence-corrected chi connectivity index (χ4v) is 4.05. The molecular formula is C21H20ClN3O3S. The van der Waals surface area contributed by atoms with Crippen molar-refractivity contribution in [1.29, 1.82) is 0 Å². The normalized spacial score (nSPS) is 17.9. The molecule has 0 unspecified atom stereocenters. The van der Waals surface area contributed by atoms with Crippen LogP contribution in [0.3, 0.4) is 0 Å². The van der Waals surface area contributed by atoms with E-state index in [0.29, 0.717) is 15.6 Å². The first-order chi connectivity index (χ1) is 13.8. The molecule has 1 aliphatic rings. The zero-order valence-corrected chi connectivity index (χ0v) is 17.8. The summed E-state index contributed by atoms with van der Waals surface area (Å²) >= 11 is 7.15. The lowest BCUT2D eigenvalue weighted by Crippen LogP contribution is -2.36. The number of hydrogen-bond acceptors (Lipinski definition) is 5. The average molecular weight is 430 g/mol. The van der Waals surface area contributed by atoms with Gasteiger partial charge in [0.1, 0.15) is 5.02 Å². The smallest absolute Gasteiger partial charge is 0.284 e. The van der Waals surface area contributed by atoms with Crippen LogP contribution in [-0.4, -0.2) is 26.9 Å². The van der Waals surface area contributed by atoms with Gasteiger partial charge in [-0.15, -0.1) is 0 Å². The molecule has 1 amide bonds. The summed E-state index contributed by atoms with van der Waals surface area (Å²) in [4.78, 5) is 30.5. The van der Waals surface area contributed by atoms with Gasteiger partial charge in [-0.3, -0.25) is 19.8 Å². The molecule has 1 heterocycles. The molecule has 150 valence electrons. The van der Waals surface area contributed by atoms with Crippen LogP contribution in [0.2, 0.25) is 5.02 Å². The molecule has 6 nitrogen and oxygen atoms in total. The van der Waals surface area contributed by atoms with Gasteiger partial charge in [-0.05, 0) is 61.9 Å². The van der Waals surface area contributed by atoms with Crippen LogP contribution in [0.4, 0.5) is 11.4 Å². The number of thioether (sulfide) groups is 1. The Kier molecular flexibility index (Phi) is 6.39. The summed E-state index contributed by atoms with van der Waals surface area (Å²) in [5, 5.41) is 11.8. The van der Waals surface area contributed by atoms with Crippen molar-refractivity contribution in [2.75, 3.05) is 0 Å². The number of amidine groups is 1. The summed E-state index contributed by atoms with van der Waals surface area (Å²) in [5.41, 5.74) is 2.25. The molecule has 8 heteroatoms. The molecule has 2 aromatic rings. The number of carbonyl (C=O) groups excluding carboxylic acids is 1. The first-order valence-corrected chi connectivity index (χ1v) is 10.3. The predicted molar refractivity (Wildman–Crippen MR) is 119 cm³/mol. The molecule has 0 spiro atoms. The van der Waals surface area contributed by atoms with Crippen molar-refractivity contribution >= 4 is 51.9 Å². The number of amides is 1. The quantitative estimate of drug-likeness (QED) is 0.334. The topological polar surface area (TPSA) is 75.8 Å². The van der Waals surface area contributed by atoms with Crippen molar-refractivity contribution in [2.45, 2.75) is 33.2 Å². The summed E-state index contributed by atoms with van der Waals surface area (Å²) in [7, 11) is 0. The number of carbonyl (C=O) groups is 1.